The van der Waals surface area contributed by atoms with Crippen molar-refractivity contribution in [3.05, 3.63) is 230 Å². The Morgan fingerprint density at radius 1 is 0.492 bits per heavy atom. The smallest absolute Gasteiger partial charge is 0.301 e. The molecule has 12 rings (SSSR count). The SMILES string of the molecule is CC1(C)c2ccccc2-c2c(N(c3ccc(-c4cccc5c4oc4ccccc45)cc3)c3ccc4c(c3)N(c3ccccc3)P(=O)(c3ccccc3)N4c3ccccc3)cccc21. The van der Waals surface area contributed by atoms with Crippen molar-refractivity contribution in [3.8, 4) is 22.3 Å². The first-order valence-electron chi connectivity index (χ1n) is 21.5. The maximum atomic E-state index is 16.5. The number of furan rings is 1. The molecule has 63 heavy (non-hydrogen) atoms. The van der Waals surface area contributed by atoms with Gasteiger partial charge >= 0.3 is 7.44 Å². The Balaban J connectivity index is 1.09. The number of para-hydroxylation sites is 4. The molecule has 6 heteroatoms. The van der Waals surface area contributed by atoms with E-state index in [1.807, 2.05) is 91.0 Å². The predicted molar refractivity (Wildman–Crippen MR) is 262 cm³/mol. The van der Waals surface area contributed by atoms with E-state index in [1.54, 1.807) is 0 Å². The van der Waals surface area contributed by atoms with Crippen LogP contribution < -0.4 is 19.5 Å². The van der Waals surface area contributed by atoms with Gasteiger partial charge < -0.3 is 9.32 Å². The van der Waals surface area contributed by atoms with Crippen LogP contribution in [0.5, 0.6) is 0 Å². The molecule has 5 nitrogen and oxygen atoms in total. The standard InChI is InChI=1S/C57H42N3O2P/c1-57(2)49-28-14-12-25-48(49)55-50(57)29-17-30-52(55)58(40-34-32-39(33-35-40)45-26-16-27-47-46-24-13-15-31-54(46)62-56(45)47)43-36-37-51-53(38-43)60(42-20-8-4-9-21-42)63(61,44-22-10-5-11-23-44)59(51)41-18-6-3-7-19-41/h3-38H,1-2H3. The molecular weight excluding hydrogens is 790 g/mol. The third kappa shape index (κ3) is 5.60. The molecule has 9 aromatic carbocycles. The topological polar surface area (TPSA) is 39.9 Å². The predicted octanol–water partition coefficient (Wildman–Crippen LogP) is 15.8. The molecule has 0 bridgehead atoms. The average Bonchev–Trinajstić information content (AvgIpc) is 3.93. The van der Waals surface area contributed by atoms with Crippen LogP contribution >= 0.6 is 7.44 Å². The monoisotopic (exact) mass is 831 g/mol. The van der Waals surface area contributed by atoms with Crippen LogP contribution in [-0.2, 0) is 9.98 Å². The van der Waals surface area contributed by atoms with Gasteiger partial charge in [-0.3, -0.25) is 13.9 Å². The molecule has 0 radical (unpaired) electrons. The van der Waals surface area contributed by atoms with E-state index >= 15 is 4.57 Å². The molecule has 1 aliphatic heterocycles. The number of hydrogen-bond donors (Lipinski definition) is 0. The highest BCUT2D eigenvalue weighted by atomic mass is 31.2. The summed E-state index contributed by atoms with van der Waals surface area (Å²) in [6, 6.07) is 75.8. The second kappa shape index (κ2) is 14.2. The minimum Gasteiger partial charge on any atom is -0.455 e. The molecule has 0 saturated carbocycles. The van der Waals surface area contributed by atoms with Crippen LogP contribution in [0.2, 0.25) is 0 Å². The van der Waals surface area contributed by atoms with E-state index in [1.165, 1.54) is 22.3 Å². The molecule has 302 valence electrons. The zero-order valence-electron chi connectivity index (χ0n) is 34.9. The minimum absolute atomic E-state index is 0.191. The van der Waals surface area contributed by atoms with Gasteiger partial charge in [0.05, 0.1) is 22.4 Å². The van der Waals surface area contributed by atoms with Crippen molar-refractivity contribution in [2.45, 2.75) is 19.3 Å². The molecule has 2 heterocycles. The molecule has 0 spiro atoms. The summed E-state index contributed by atoms with van der Waals surface area (Å²) in [6.45, 7) is 4.65. The first-order valence-corrected chi connectivity index (χ1v) is 23.1. The zero-order chi connectivity index (χ0) is 42.3. The van der Waals surface area contributed by atoms with Gasteiger partial charge in [0.1, 0.15) is 11.2 Å². The van der Waals surface area contributed by atoms with Gasteiger partial charge in [-0.2, -0.15) is 0 Å². The molecule has 1 unspecified atom stereocenters. The lowest BCUT2D eigenvalue weighted by Crippen LogP contribution is -2.26. The minimum atomic E-state index is -3.57. The number of nitrogens with zero attached hydrogens (tertiary/aromatic N) is 3. The van der Waals surface area contributed by atoms with E-state index in [9.17, 15) is 0 Å². The largest absolute Gasteiger partial charge is 0.455 e. The summed E-state index contributed by atoms with van der Waals surface area (Å²) in [4.78, 5) is 2.38. The first kappa shape index (κ1) is 37.2. The highest BCUT2D eigenvalue weighted by molar-refractivity contribution is 7.76. The number of fused-ring (bicyclic) bond motifs is 7. The van der Waals surface area contributed by atoms with Gasteiger partial charge in [0.25, 0.3) is 0 Å². The Morgan fingerprint density at radius 3 is 1.81 bits per heavy atom. The fraction of sp³-hybridized carbons (Fsp3) is 0.0526. The van der Waals surface area contributed by atoms with E-state index in [2.05, 4.69) is 155 Å². The van der Waals surface area contributed by atoms with Crippen molar-refractivity contribution in [1.29, 1.82) is 0 Å². The van der Waals surface area contributed by atoms with Crippen LogP contribution in [0.4, 0.5) is 39.8 Å². The lowest BCUT2D eigenvalue weighted by atomic mass is 9.82. The molecule has 1 aromatic heterocycles. The maximum absolute atomic E-state index is 16.5. The first-order chi connectivity index (χ1) is 30.9. The zero-order valence-corrected chi connectivity index (χ0v) is 35.8. The van der Waals surface area contributed by atoms with Gasteiger partial charge in [-0.15, -0.1) is 0 Å². The second-order valence-corrected chi connectivity index (χ2v) is 19.3. The third-order valence-corrected chi connectivity index (χ3v) is 15.9. The van der Waals surface area contributed by atoms with Gasteiger partial charge in [0, 0.05) is 50.1 Å². The van der Waals surface area contributed by atoms with Crippen molar-refractivity contribution >= 4 is 74.5 Å². The highest BCUT2D eigenvalue weighted by Gasteiger charge is 2.49. The molecule has 0 fully saturated rings. The Kier molecular flexibility index (Phi) is 8.41. The fourth-order valence-corrected chi connectivity index (χ4v) is 13.1. The Labute approximate surface area is 367 Å². The Morgan fingerprint density at radius 2 is 1.06 bits per heavy atom. The lowest BCUT2D eigenvalue weighted by molar-refractivity contribution is 0.582. The number of benzene rings is 9. The number of rotatable bonds is 7. The van der Waals surface area contributed by atoms with E-state index in [4.69, 9.17) is 4.42 Å². The molecule has 1 atom stereocenters. The van der Waals surface area contributed by atoms with Crippen molar-refractivity contribution < 1.29 is 8.98 Å². The van der Waals surface area contributed by atoms with E-state index in [0.29, 0.717) is 0 Å². The van der Waals surface area contributed by atoms with E-state index in [0.717, 1.165) is 78.2 Å². The van der Waals surface area contributed by atoms with E-state index < -0.39 is 7.44 Å². The van der Waals surface area contributed by atoms with Gasteiger partial charge in [-0.05, 0) is 101 Å². The van der Waals surface area contributed by atoms with Gasteiger partial charge in [0.15, 0.2) is 0 Å². The molecule has 0 N–H and O–H groups in total. The van der Waals surface area contributed by atoms with Crippen LogP contribution in [0.15, 0.2) is 223 Å². The number of hydrogen-bond acceptors (Lipinski definition) is 3. The average molecular weight is 832 g/mol. The summed E-state index contributed by atoms with van der Waals surface area (Å²) in [7, 11) is -3.57. The second-order valence-electron chi connectivity index (χ2n) is 16.9. The van der Waals surface area contributed by atoms with Gasteiger partial charge in [-0.1, -0.05) is 153 Å². The quantitative estimate of drug-likeness (QED) is 0.150. The third-order valence-electron chi connectivity index (χ3n) is 13.0. The van der Waals surface area contributed by atoms with Crippen LogP contribution in [0.3, 0.4) is 0 Å². The van der Waals surface area contributed by atoms with Crippen molar-refractivity contribution in [2.24, 2.45) is 0 Å². The van der Waals surface area contributed by atoms with Crippen LogP contribution in [0.1, 0.15) is 25.0 Å². The van der Waals surface area contributed by atoms with Gasteiger partial charge in [0.2, 0.25) is 0 Å². The van der Waals surface area contributed by atoms with Gasteiger partial charge in [-0.25, -0.2) is 0 Å². The molecule has 0 saturated heterocycles. The summed E-state index contributed by atoms with van der Waals surface area (Å²) >= 11 is 0. The summed E-state index contributed by atoms with van der Waals surface area (Å²) in [6.07, 6.45) is 0. The normalized spacial score (nSPS) is 16.0. The van der Waals surface area contributed by atoms with Crippen LogP contribution in [0.25, 0.3) is 44.2 Å². The lowest BCUT2D eigenvalue weighted by Gasteiger charge is -2.33. The van der Waals surface area contributed by atoms with Crippen molar-refractivity contribution in [3.63, 3.8) is 0 Å². The van der Waals surface area contributed by atoms with Crippen molar-refractivity contribution in [2.75, 3.05) is 14.2 Å². The van der Waals surface area contributed by atoms with Crippen LogP contribution in [0, 0.1) is 0 Å². The van der Waals surface area contributed by atoms with Crippen molar-refractivity contribution in [1.82, 2.24) is 0 Å². The molecule has 10 aromatic rings. The summed E-state index contributed by atoms with van der Waals surface area (Å²) in [5.41, 5.74) is 15.2. The molecule has 0 amide bonds. The molecular formula is C57H42N3O2P. The fourth-order valence-electron chi connectivity index (χ4n) is 10.1. The Bertz CT molecular complexity index is 3420. The summed E-state index contributed by atoms with van der Waals surface area (Å²) < 4.78 is 27.1. The maximum Gasteiger partial charge on any atom is 0.301 e. The molecule has 1 aliphatic carbocycles. The summed E-state index contributed by atoms with van der Waals surface area (Å²) in [5.74, 6) is 0. The highest BCUT2D eigenvalue weighted by Crippen LogP contribution is 2.70. The summed E-state index contributed by atoms with van der Waals surface area (Å²) in [5, 5.41) is 2.97. The Hall–Kier alpha value is -7.59. The van der Waals surface area contributed by atoms with E-state index in [-0.39, 0.29) is 5.41 Å². The molecule has 2 aliphatic rings. The van der Waals surface area contributed by atoms with Crippen LogP contribution in [-0.4, -0.2) is 0 Å². The number of anilines is 7.